The quantitative estimate of drug-likeness (QED) is 0.586. The van der Waals surface area contributed by atoms with E-state index in [0.717, 1.165) is 0 Å². The highest BCUT2D eigenvalue weighted by atomic mass is 35.5. The third-order valence-electron chi connectivity index (χ3n) is 3.43. The van der Waals surface area contributed by atoms with E-state index in [1.807, 2.05) is 0 Å². The number of anilines is 1. The fraction of sp³-hybridized carbons (Fsp3) is 0.105. The van der Waals surface area contributed by atoms with Gasteiger partial charge in [0.25, 0.3) is 5.91 Å². The van der Waals surface area contributed by atoms with Gasteiger partial charge < -0.3 is 19.2 Å². The largest absolute Gasteiger partial charge is 0.486 e. The summed E-state index contributed by atoms with van der Waals surface area (Å²) in [5, 5.41) is 3.07. The normalized spacial score (nSPS) is 10.7. The van der Waals surface area contributed by atoms with E-state index in [1.165, 1.54) is 24.3 Å². The third kappa shape index (κ3) is 5.21. The molecule has 0 aliphatic carbocycles. The predicted octanol–water partition coefficient (Wildman–Crippen LogP) is 5.37. The van der Waals surface area contributed by atoms with Gasteiger partial charge in [0.05, 0.1) is 5.69 Å². The molecule has 5 nitrogen and oxygen atoms in total. The van der Waals surface area contributed by atoms with Gasteiger partial charge in [-0.3, -0.25) is 4.79 Å². The molecule has 8 heteroatoms. The zero-order valence-corrected chi connectivity index (χ0v) is 14.6. The molecule has 140 valence electrons. The standard InChI is InChI=1S/C19H14ClF2NO4/c20-12-5-7-13(8-6-12)25-11-14-9-10-17(26-14)18(24)23-15-3-1-2-4-16(15)27-19(21)22/h1-10,19H,11H2,(H,23,24). The number of ether oxygens (including phenoxy) is 2. The molecule has 0 atom stereocenters. The van der Waals surface area contributed by atoms with Crippen LogP contribution in [0.25, 0.3) is 0 Å². The second-order valence-corrected chi connectivity index (χ2v) is 5.77. The van der Waals surface area contributed by atoms with Crippen LogP contribution >= 0.6 is 11.6 Å². The molecule has 0 bridgehead atoms. The number of rotatable bonds is 7. The highest BCUT2D eigenvalue weighted by Gasteiger charge is 2.15. The van der Waals surface area contributed by atoms with Crippen LogP contribution in [-0.4, -0.2) is 12.5 Å². The monoisotopic (exact) mass is 393 g/mol. The number of nitrogens with one attached hydrogen (secondary N) is 1. The van der Waals surface area contributed by atoms with Gasteiger partial charge in [0, 0.05) is 5.02 Å². The van der Waals surface area contributed by atoms with Crippen molar-refractivity contribution in [2.45, 2.75) is 13.2 Å². The van der Waals surface area contributed by atoms with Crippen LogP contribution in [0, 0.1) is 0 Å². The Labute approximate surface area is 158 Å². The van der Waals surface area contributed by atoms with Crippen molar-refractivity contribution in [2.75, 3.05) is 5.32 Å². The Hall–Kier alpha value is -3.06. The van der Waals surface area contributed by atoms with Gasteiger partial charge in [-0.2, -0.15) is 8.78 Å². The average Bonchev–Trinajstić information content (AvgIpc) is 3.12. The molecule has 1 amide bonds. The lowest BCUT2D eigenvalue weighted by molar-refractivity contribution is -0.0493. The van der Waals surface area contributed by atoms with E-state index in [1.54, 1.807) is 36.4 Å². The number of alkyl halides is 2. The number of carbonyl (C=O) groups is 1. The number of hydrogen-bond acceptors (Lipinski definition) is 4. The van der Waals surface area contributed by atoms with Gasteiger partial charge in [-0.05, 0) is 48.5 Å². The first-order chi connectivity index (χ1) is 13.0. The van der Waals surface area contributed by atoms with Gasteiger partial charge in [0.15, 0.2) is 5.76 Å². The summed E-state index contributed by atoms with van der Waals surface area (Å²) in [4.78, 5) is 12.3. The molecule has 0 radical (unpaired) electrons. The Morgan fingerprint density at radius 1 is 1.07 bits per heavy atom. The Morgan fingerprint density at radius 2 is 1.81 bits per heavy atom. The Bertz CT molecular complexity index is 912. The first kappa shape index (κ1) is 18.7. The van der Waals surface area contributed by atoms with Crippen LogP contribution < -0.4 is 14.8 Å². The molecule has 1 aromatic heterocycles. The summed E-state index contributed by atoms with van der Waals surface area (Å²) in [6.07, 6.45) is 0. The summed E-state index contributed by atoms with van der Waals surface area (Å²) in [6.45, 7) is -2.89. The smallest absolute Gasteiger partial charge is 0.387 e. The molecule has 1 N–H and O–H groups in total. The van der Waals surface area contributed by atoms with E-state index in [-0.39, 0.29) is 23.8 Å². The van der Waals surface area contributed by atoms with Gasteiger partial charge in [0.1, 0.15) is 23.9 Å². The number of amides is 1. The molecular formula is C19H14ClF2NO4. The maximum absolute atomic E-state index is 12.4. The molecule has 0 saturated heterocycles. The van der Waals surface area contributed by atoms with Crippen molar-refractivity contribution in [3.05, 3.63) is 77.2 Å². The molecule has 1 heterocycles. The van der Waals surface area contributed by atoms with E-state index in [4.69, 9.17) is 20.8 Å². The molecule has 0 aliphatic heterocycles. The molecule has 0 unspecified atom stereocenters. The minimum Gasteiger partial charge on any atom is -0.486 e. The average molecular weight is 394 g/mol. The van der Waals surface area contributed by atoms with Crippen LogP contribution in [0.1, 0.15) is 16.3 Å². The predicted molar refractivity (Wildman–Crippen MR) is 95.5 cm³/mol. The number of para-hydroxylation sites is 2. The second-order valence-electron chi connectivity index (χ2n) is 5.34. The second kappa shape index (κ2) is 8.55. The van der Waals surface area contributed by atoms with E-state index < -0.39 is 12.5 Å². The van der Waals surface area contributed by atoms with Crippen molar-refractivity contribution in [3.63, 3.8) is 0 Å². The molecule has 0 fully saturated rings. The van der Waals surface area contributed by atoms with Gasteiger partial charge in [-0.1, -0.05) is 23.7 Å². The third-order valence-corrected chi connectivity index (χ3v) is 3.68. The molecule has 3 aromatic rings. The molecule has 0 aliphatic rings. The van der Waals surface area contributed by atoms with Crippen molar-refractivity contribution < 1.29 is 27.5 Å². The zero-order chi connectivity index (χ0) is 19.2. The van der Waals surface area contributed by atoms with Crippen LogP contribution in [0.5, 0.6) is 11.5 Å². The van der Waals surface area contributed by atoms with Crippen molar-refractivity contribution >= 4 is 23.2 Å². The summed E-state index contributed by atoms with van der Waals surface area (Å²) in [6, 6.07) is 15.7. The lowest BCUT2D eigenvalue weighted by atomic mass is 10.3. The van der Waals surface area contributed by atoms with Crippen LogP contribution in [0.4, 0.5) is 14.5 Å². The topological polar surface area (TPSA) is 60.7 Å². The Kier molecular flexibility index (Phi) is 5.93. The maximum Gasteiger partial charge on any atom is 0.387 e. The molecular weight excluding hydrogens is 380 g/mol. The first-order valence-corrected chi connectivity index (χ1v) is 8.21. The number of benzene rings is 2. The highest BCUT2D eigenvalue weighted by molar-refractivity contribution is 6.30. The number of hydrogen-bond donors (Lipinski definition) is 1. The van der Waals surface area contributed by atoms with Crippen molar-refractivity contribution in [1.29, 1.82) is 0 Å². The molecule has 0 saturated carbocycles. The first-order valence-electron chi connectivity index (χ1n) is 7.83. The summed E-state index contributed by atoms with van der Waals surface area (Å²) in [5.41, 5.74) is 0.109. The van der Waals surface area contributed by atoms with Gasteiger partial charge >= 0.3 is 6.61 Å². The fourth-order valence-electron chi connectivity index (χ4n) is 2.22. The lowest BCUT2D eigenvalue weighted by Gasteiger charge is -2.10. The minimum atomic E-state index is -3.00. The molecule has 3 rings (SSSR count). The van der Waals surface area contributed by atoms with Crippen LogP contribution in [0.15, 0.2) is 65.1 Å². The highest BCUT2D eigenvalue weighted by Crippen LogP contribution is 2.26. The number of halogens is 3. The van der Waals surface area contributed by atoms with Gasteiger partial charge in [-0.15, -0.1) is 0 Å². The van der Waals surface area contributed by atoms with E-state index in [9.17, 15) is 13.6 Å². The minimum absolute atomic E-state index is 0.0107. The molecule has 2 aromatic carbocycles. The van der Waals surface area contributed by atoms with E-state index in [0.29, 0.717) is 16.5 Å². The van der Waals surface area contributed by atoms with Crippen molar-refractivity contribution in [3.8, 4) is 11.5 Å². The molecule has 27 heavy (non-hydrogen) atoms. The van der Waals surface area contributed by atoms with Crippen molar-refractivity contribution in [2.24, 2.45) is 0 Å². The van der Waals surface area contributed by atoms with Crippen LogP contribution in [-0.2, 0) is 6.61 Å². The fourth-order valence-corrected chi connectivity index (χ4v) is 2.34. The Balaban J connectivity index is 1.62. The number of furan rings is 1. The van der Waals surface area contributed by atoms with Gasteiger partial charge in [0.2, 0.25) is 0 Å². The lowest BCUT2D eigenvalue weighted by Crippen LogP contribution is -2.13. The summed E-state index contributed by atoms with van der Waals surface area (Å²) < 4.78 is 40.2. The van der Waals surface area contributed by atoms with E-state index in [2.05, 4.69) is 10.1 Å². The molecule has 0 spiro atoms. The summed E-state index contributed by atoms with van der Waals surface area (Å²) in [7, 11) is 0. The Morgan fingerprint density at radius 3 is 2.56 bits per heavy atom. The van der Waals surface area contributed by atoms with Gasteiger partial charge in [-0.25, -0.2) is 0 Å². The number of carbonyl (C=O) groups excluding carboxylic acids is 1. The summed E-state index contributed by atoms with van der Waals surface area (Å²) in [5.74, 6) is 0.292. The van der Waals surface area contributed by atoms with Crippen molar-refractivity contribution in [1.82, 2.24) is 0 Å². The van der Waals surface area contributed by atoms with E-state index >= 15 is 0 Å². The van der Waals surface area contributed by atoms with Crippen LogP contribution in [0.2, 0.25) is 5.02 Å². The SMILES string of the molecule is O=C(Nc1ccccc1OC(F)F)c1ccc(COc2ccc(Cl)cc2)o1. The summed E-state index contributed by atoms with van der Waals surface area (Å²) >= 11 is 5.80. The zero-order valence-electron chi connectivity index (χ0n) is 13.8. The maximum atomic E-state index is 12.4. The van der Waals surface area contributed by atoms with Crippen LogP contribution in [0.3, 0.4) is 0 Å².